The zero-order valence-electron chi connectivity index (χ0n) is 15.2. The van der Waals surface area contributed by atoms with E-state index in [4.69, 9.17) is 9.15 Å². The van der Waals surface area contributed by atoms with E-state index in [1.807, 2.05) is 36.4 Å². The average Bonchev–Trinajstić information content (AvgIpc) is 3.37. The molecule has 0 bridgehead atoms. The maximum Gasteiger partial charge on any atom is 0.314 e. The number of nitrogens with one attached hydrogen (secondary N) is 2. The number of hydrogen-bond donors (Lipinski definition) is 2. The summed E-state index contributed by atoms with van der Waals surface area (Å²) in [7, 11) is 1.65. The van der Waals surface area contributed by atoms with Crippen LogP contribution in [0.2, 0.25) is 0 Å². The van der Waals surface area contributed by atoms with Gasteiger partial charge in [0.2, 0.25) is 0 Å². The van der Waals surface area contributed by atoms with Crippen LogP contribution in [-0.4, -0.2) is 44.2 Å². The molecule has 1 aromatic heterocycles. The highest BCUT2D eigenvalue weighted by Gasteiger charge is 2.25. The largest absolute Gasteiger partial charge is 0.497 e. The summed E-state index contributed by atoms with van der Waals surface area (Å²) in [5, 5.41) is 5.90. The van der Waals surface area contributed by atoms with Gasteiger partial charge in [-0.1, -0.05) is 12.1 Å². The normalized spacial score (nSPS) is 15.6. The maximum atomic E-state index is 12.1. The molecule has 1 fully saturated rings. The van der Waals surface area contributed by atoms with Crippen molar-refractivity contribution in [1.29, 1.82) is 0 Å². The monoisotopic (exact) mass is 357 g/mol. The second kappa shape index (κ2) is 9.29. The van der Waals surface area contributed by atoms with Crippen LogP contribution in [0.3, 0.4) is 0 Å². The van der Waals surface area contributed by atoms with Gasteiger partial charge in [0.05, 0.1) is 19.4 Å². The third kappa shape index (κ3) is 5.02. The molecule has 2 aromatic rings. The van der Waals surface area contributed by atoms with Gasteiger partial charge in [-0.2, -0.15) is 0 Å². The van der Waals surface area contributed by atoms with Crippen LogP contribution in [0.4, 0.5) is 4.79 Å². The van der Waals surface area contributed by atoms with Gasteiger partial charge in [-0.05, 0) is 62.2 Å². The molecule has 1 saturated heterocycles. The summed E-state index contributed by atoms with van der Waals surface area (Å²) in [6.07, 6.45) is 4.87. The van der Waals surface area contributed by atoms with Crippen LogP contribution in [0.15, 0.2) is 47.1 Å². The first-order valence-electron chi connectivity index (χ1n) is 9.18. The molecule has 0 aliphatic carbocycles. The highest BCUT2D eigenvalue weighted by atomic mass is 16.5. The zero-order chi connectivity index (χ0) is 18.2. The van der Waals surface area contributed by atoms with E-state index in [9.17, 15) is 4.79 Å². The lowest BCUT2D eigenvalue weighted by Crippen LogP contribution is -2.42. The molecule has 3 rings (SSSR count). The number of carbonyl (C=O) groups is 1. The Kier molecular flexibility index (Phi) is 6.55. The van der Waals surface area contributed by atoms with E-state index < -0.39 is 0 Å². The van der Waals surface area contributed by atoms with Crippen molar-refractivity contribution in [3.8, 4) is 5.75 Å². The molecule has 140 valence electrons. The molecule has 1 aliphatic heterocycles. The molecule has 0 spiro atoms. The van der Waals surface area contributed by atoms with Crippen molar-refractivity contribution in [2.75, 3.05) is 33.3 Å². The summed E-state index contributed by atoms with van der Waals surface area (Å²) in [6.45, 7) is 3.23. The van der Waals surface area contributed by atoms with Gasteiger partial charge >= 0.3 is 6.03 Å². The lowest BCUT2D eigenvalue weighted by atomic mass is 10.1. The van der Waals surface area contributed by atoms with Crippen LogP contribution in [0.25, 0.3) is 0 Å². The number of rotatable bonds is 8. The summed E-state index contributed by atoms with van der Waals surface area (Å²) in [5.41, 5.74) is 1.16. The molecule has 6 heteroatoms. The topological polar surface area (TPSA) is 66.7 Å². The molecule has 6 nitrogen and oxygen atoms in total. The van der Waals surface area contributed by atoms with Crippen molar-refractivity contribution in [2.24, 2.45) is 0 Å². The summed E-state index contributed by atoms with van der Waals surface area (Å²) < 4.78 is 10.7. The van der Waals surface area contributed by atoms with Gasteiger partial charge in [-0.15, -0.1) is 0 Å². The van der Waals surface area contributed by atoms with Crippen LogP contribution >= 0.6 is 0 Å². The predicted octanol–water partition coefficient (Wildman–Crippen LogP) is 2.97. The van der Waals surface area contributed by atoms with Crippen LogP contribution in [-0.2, 0) is 6.42 Å². The molecule has 2 amide bonds. The Balaban J connectivity index is 1.43. The summed E-state index contributed by atoms with van der Waals surface area (Å²) in [5.74, 6) is 1.75. The number of benzene rings is 1. The molecular formula is C20H27N3O3. The lowest BCUT2D eigenvalue weighted by molar-refractivity contribution is 0.203. The fraction of sp³-hybridized carbons (Fsp3) is 0.450. The Hall–Kier alpha value is -2.47. The first-order valence-corrected chi connectivity index (χ1v) is 9.18. The van der Waals surface area contributed by atoms with Gasteiger partial charge in [0.25, 0.3) is 0 Å². The third-order valence-electron chi connectivity index (χ3n) is 4.77. The standard InChI is InChI=1S/C20H27N3O3/c1-25-17-8-6-16(7-9-17)10-11-21-20(24)22-15-18(19-5-4-14-26-19)23-12-2-3-13-23/h4-9,14,18H,2-3,10-13,15H2,1H3,(H2,21,22,24). The number of urea groups is 1. The Morgan fingerprint density at radius 2 is 1.96 bits per heavy atom. The van der Waals surface area contributed by atoms with Gasteiger partial charge in [-0.25, -0.2) is 4.79 Å². The third-order valence-corrected chi connectivity index (χ3v) is 4.77. The zero-order valence-corrected chi connectivity index (χ0v) is 15.2. The highest BCUT2D eigenvalue weighted by molar-refractivity contribution is 5.73. The number of carbonyl (C=O) groups excluding carboxylic acids is 1. The average molecular weight is 357 g/mol. The van der Waals surface area contributed by atoms with Crippen molar-refractivity contribution in [2.45, 2.75) is 25.3 Å². The van der Waals surface area contributed by atoms with Crippen LogP contribution < -0.4 is 15.4 Å². The van der Waals surface area contributed by atoms with E-state index in [-0.39, 0.29) is 12.1 Å². The Morgan fingerprint density at radius 3 is 2.62 bits per heavy atom. The molecule has 0 saturated carbocycles. The van der Waals surface area contributed by atoms with Crippen LogP contribution in [0.5, 0.6) is 5.75 Å². The van der Waals surface area contributed by atoms with Crippen LogP contribution in [0.1, 0.15) is 30.2 Å². The van der Waals surface area contributed by atoms with Gasteiger partial charge in [0.1, 0.15) is 11.5 Å². The molecular weight excluding hydrogens is 330 g/mol. The van der Waals surface area contributed by atoms with Crippen molar-refractivity contribution < 1.29 is 13.9 Å². The van der Waals surface area contributed by atoms with Gasteiger partial charge in [0, 0.05) is 13.1 Å². The highest BCUT2D eigenvalue weighted by Crippen LogP contribution is 2.24. The fourth-order valence-corrected chi connectivity index (χ4v) is 3.31. The molecule has 26 heavy (non-hydrogen) atoms. The number of methoxy groups -OCH3 is 1. The Bertz CT molecular complexity index is 664. The molecule has 1 aromatic carbocycles. The lowest BCUT2D eigenvalue weighted by Gasteiger charge is -2.26. The number of furan rings is 1. The first kappa shape index (κ1) is 18.3. The van der Waals surface area contributed by atoms with E-state index in [2.05, 4.69) is 15.5 Å². The summed E-state index contributed by atoms with van der Waals surface area (Å²) >= 11 is 0. The van der Waals surface area contributed by atoms with Crippen molar-refractivity contribution in [3.63, 3.8) is 0 Å². The van der Waals surface area contributed by atoms with E-state index in [1.54, 1.807) is 13.4 Å². The molecule has 2 N–H and O–H groups in total. The van der Waals surface area contributed by atoms with Gasteiger partial charge < -0.3 is 19.8 Å². The second-order valence-corrected chi connectivity index (χ2v) is 6.51. The SMILES string of the molecule is COc1ccc(CCNC(=O)NCC(c2ccco2)N2CCCC2)cc1. The smallest absolute Gasteiger partial charge is 0.314 e. The molecule has 1 aliphatic rings. The fourth-order valence-electron chi connectivity index (χ4n) is 3.31. The molecule has 1 unspecified atom stereocenters. The van der Waals surface area contributed by atoms with E-state index in [1.165, 1.54) is 12.8 Å². The minimum absolute atomic E-state index is 0.0971. The van der Waals surface area contributed by atoms with Crippen LogP contribution in [0, 0.1) is 0 Å². The Labute approximate surface area is 154 Å². The number of ether oxygens (including phenoxy) is 1. The second-order valence-electron chi connectivity index (χ2n) is 6.51. The summed E-state index contributed by atoms with van der Waals surface area (Å²) in [6, 6.07) is 11.7. The quantitative estimate of drug-likeness (QED) is 0.762. The minimum Gasteiger partial charge on any atom is -0.497 e. The minimum atomic E-state index is -0.144. The number of amides is 2. The Morgan fingerprint density at radius 1 is 1.19 bits per heavy atom. The van der Waals surface area contributed by atoms with Crippen molar-refractivity contribution in [1.82, 2.24) is 15.5 Å². The number of likely N-dealkylation sites (tertiary alicyclic amines) is 1. The predicted molar refractivity (Wildman–Crippen MR) is 100 cm³/mol. The van der Waals surface area contributed by atoms with E-state index in [0.717, 1.165) is 36.6 Å². The number of hydrogen-bond acceptors (Lipinski definition) is 4. The van der Waals surface area contributed by atoms with Gasteiger partial charge in [-0.3, -0.25) is 4.90 Å². The first-order chi connectivity index (χ1) is 12.8. The van der Waals surface area contributed by atoms with Crippen molar-refractivity contribution >= 4 is 6.03 Å². The molecule has 1 atom stereocenters. The molecule has 2 heterocycles. The van der Waals surface area contributed by atoms with E-state index in [0.29, 0.717) is 13.1 Å². The van der Waals surface area contributed by atoms with Crippen molar-refractivity contribution in [3.05, 3.63) is 54.0 Å². The number of nitrogens with zero attached hydrogens (tertiary/aromatic N) is 1. The maximum absolute atomic E-state index is 12.1. The summed E-state index contributed by atoms with van der Waals surface area (Å²) in [4.78, 5) is 14.5. The van der Waals surface area contributed by atoms with E-state index >= 15 is 0 Å². The van der Waals surface area contributed by atoms with Gasteiger partial charge in [0.15, 0.2) is 0 Å². The molecule has 0 radical (unpaired) electrons.